The van der Waals surface area contributed by atoms with E-state index in [0.29, 0.717) is 12.5 Å². The molecule has 4 heteroatoms. The highest BCUT2D eigenvalue weighted by Crippen LogP contribution is 2.28. The van der Waals surface area contributed by atoms with Crippen molar-refractivity contribution in [1.82, 2.24) is 0 Å². The van der Waals surface area contributed by atoms with E-state index in [4.69, 9.17) is 0 Å². The number of rotatable bonds is 4. The van der Waals surface area contributed by atoms with Gasteiger partial charge < -0.3 is 0 Å². The second-order valence-corrected chi connectivity index (χ2v) is 3.59. The van der Waals surface area contributed by atoms with E-state index < -0.39 is 0 Å². The summed E-state index contributed by atoms with van der Waals surface area (Å²) in [6.07, 6.45) is 8.32. The lowest BCUT2D eigenvalue weighted by molar-refractivity contribution is 0.296. The Balaban J connectivity index is 2.44. The first kappa shape index (κ1) is 10.8. The van der Waals surface area contributed by atoms with Crippen molar-refractivity contribution in [1.29, 1.82) is 0 Å². The normalized spacial score (nSPS) is 26.0. The van der Waals surface area contributed by atoms with Gasteiger partial charge in [0.05, 0.1) is 12.6 Å². The average Bonchev–Trinajstić information content (AvgIpc) is 2.21. The summed E-state index contributed by atoms with van der Waals surface area (Å²) < 4.78 is 0. The van der Waals surface area contributed by atoms with Crippen LogP contribution in [0.3, 0.4) is 0 Å². The van der Waals surface area contributed by atoms with Crippen molar-refractivity contribution in [2.75, 3.05) is 6.54 Å². The molecule has 1 fully saturated rings. The number of hydrogen-bond acceptors (Lipinski definition) is 4. The zero-order valence-corrected chi connectivity index (χ0v) is 8.11. The fourth-order valence-electron chi connectivity index (χ4n) is 2.04. The molecule has 1 aliphatic carbocycles. The second-order valence-electron chi connectivity index (χ2n) is 3.59. The van der Waals surface area contributed by atoms with Gasteiger partial charge in [0, 0.05) is 0 Å². The van der Waals surface area contributed by atoms with Crippen molar-refractivity contribution >= 4 is 12.2 Å². The van der Waals surface area contributed by atoms with Crippen LogP contribution in [0.25, 0.3) is 0 Å². The van der Waals surface area contributed by atoms with Crippen molar-refractivity contribution in [3.8, 4) is 0 Å². The molecule has 4 nitrogen and oxygen atoms in total. The summed E-state index contributed by atoms with van der Waals surface area (Å²) in [5.74, 6) is 0.391. The molecule has 2 unspecified atom stereocenters. The molecule has 0 aromatic rings. The van der Waals surface area contributed by atoms with Crippen LogP contribution in [0.15, 0.2) is 9.98 Å². The number of aliphatic imine (C=N–C) groups is 2. The van der Waals surface area contributed by atoms with Crippen molar-refractivity contribution in [2.45, 2.75) is 38.1 Å². The zero-order valence-electron chi connectivity index (χ0n) is 8.11. The van der Waals surface area contributed by atoms with Crippen LogP contribution in [0.1, 0.15) is 32.1 Å². The molecular weight excluding hydrogens is 180 g/mol. The van der Waals surface area contributed by atoms with Gasteiger partial charge in [0.25, 0.3) is 0 Å². The Hall–Kier alpha value is -1.24. The topological polar surface area (TPSA) is 58.9 Å². The molecule has 1 aliphatic rings. The van der Waals surface area contributed by atoms with Gasteiger partial charge in [-0.2, -0.15) is 0 Å². The Bertz CT molecular complexity index is 265. The molecule has 14 heavy (non-hydrogen) atoms. The molecule has 0 radical (unpaired) electrons. The minimum atomic E-state index is 0.100. The van der Waals surface area contributed by atoms with E-state index in [1.807, 2.05) is 0 Å². The molecular formula is C10H14N2O2. The first-order valence-corrected chi connectivity index (χ1v) is 4.99. The third-order valence-corrected chi connectivity index (χ3v) is 2.76. The Kier molecular flexibility index (Phi) is 4.84. The summed E-state index contributed by atoms with van der Waals surface area (Å²) in [6.45, 7) is 0.499. The van der Waals surface area contributed by atoms with E-state index in [1.54, 1.807) is 6.08 Å². The molecule has 0 spiro atoms. The maximum absolute atomic E-state index is 10.2. The number of carbonyl (C=O) groups excluding carboxylic acids is 2. The molecule has 2 atom stereocenters. The molecule has 0 aromatic heterocycles. The maximum Gasteiger partial charge on any atom is 0.235 e. The molecule has 0 N–H and O–H groups in total. The summed E-state index contributed by atoms with van der Waals surface area (Å²) in [6, 6.07) is 0.100. The van der Waals surface area contributed by atoms with Crippen molar-refractivity contribution in [2.24, 2.45) is 15.9 Å². The molecule has 0 bridgehead atoms. The SMILES string of the molecule is O=C=NCCC1CCCCC1N=C=O. The summed E-state index contributed by atoms with van der Waals surface area (Å²) >= 11 is 0. The van der Waals surface area contributed by atoms with Gasteiger partial charge in [0.15, 0.2) is 0 Å². The average molecular weight is 194 g/mol. The quantitative estimate of drug-likeness (QED) is 0.504. The van der Waals surface area contributed by atoms with Crippen LogP contribution in [0.5, 0.6) is 0 Å². The lowest BCUT2D eigenvalue weighted by atomic mass is 9.83. The van der Waals surface area contributed by atoms with Gasteiger partial charge in [-0.05, 0) is 25.2 Å². The third kappa shape index (κ3) is 3.25. The van der Waals surface area contributed by atoms with E-state index in [2.05, 4.69) is 9.98 Å². The number of nitrogens with zero attached hydrogens (tertiary/aromatic N) is 2. The predicted molar refractivity (Wildman–Crippen MR) is 51.5 cm³/mol. The van der Waals surface area contributed by atoms with Gasteiger partial charge in [0.1, 0.15) is 0 Å². The zero-order chi connectivity index (χ0) is 10.2. The predicted octanol–water partition coefficient (Wildman–Crippen LogP) is 1.61. The fourth-order valence-corrected chi connectivity index (χ4v) is 2.04. The van der Waals surface area contributed by atoms with Gasteiger partial charge in [-0.3, -0.25) is 0 Å². The molecule has 0 aliphatic heterocycles. The van der Waals surface area contributed by atoms with Crippen LogP contribution in [-0.2, 0) is 9.59 Å². The van der Waals surface area contributed by atoms with Crippen LogP contribution < -0.4 is 0 Å². The van der Waals surface area contributed by atoms with E-state index in [1.165, 1.54) is 12.5 Å². The monoisotopic (exact) mass is 194 g/mol. The largest absolute Gasteiger partial charge is 0.235 e. The molecule has 0 amide bonds. The van der Waals surface area contributed by atoms with Crippen LogP contribution in [0.4, 0.5) is 0 Å². The second kappa shape index (κ2) is 6.25. The molecule has 0 aromatic carbocycles. The van der Waals surface area contributed by atoms with E-state index in [0.717, 1.165) is 25.7 Å². The van der Waals surface area contributed by atoms with Crippen molar-refractivity contribution < 1.29 is 9.59 Å². The third-order valence-electron chi connectivity index (χ3n) is 2.76. The highest BCUT2D eigenvalue weighted by Gasteiger charge is 2.23. The Morgan fingerprint density at radius 2 is 1.93 bits per heavy atom. The van der Waals surface area contributed by atoms with E-state index >= 15 is 0 Å². The Labute approximate surface area is 83.1 Å². The number of hydrogen-bond donors (Lipinski definition) is 0. The van der Waals surface area contributed by atoms with Crippen molar-refractivity contribution in [3.63, 3.8) is 0 Å². The lowest BCUT2D eigenvalue weighted by Gasteiger charge is -2.26. The first-order valence-electron chi connectivity index (χ1n) is 4.99. The lowest BCUT2D eigenvalue weighted by Crippen LogP contribution is -2.23. The minimum Gasteiger partial charge on any atom is -0.211 e. The van der Waals surface area contributed by atoms with E-state index in [-0.39, 0.29) is 6.04 Å². The van der Waals surface area contributed by atoms with Crippen molar-refractivity contribution in [3.05, 3.63) is 0 Å². The Morgan fingerprint density at radius 3 is 2.64 bits per heavy atom. The van der Waals surface area contributed by atoms with Crippen LogP contribution in [0, 0.1) is 5.92 Å². The van der Waals surface area contributed by atoms with Gasteiger partial charge in [-0.1, -0.05) is 12.8 Å². The van der Waals surface area contributed by atoms with Gasteiger partial charge in [0.2, 0.25) is 12.2 Å². The van der Waals surface area contributed by atoms with Gasteiger partial charge in [-0.25, -0.2) is 19.6 Å². The fraction of sp³-hybridized carbons (Fsp3) is 0.800. The maximum atomic E-state index is 10.2. The number of isocyanates is 2. The molecule has 76 valence electrons. The summed E-state index contributed by atoms with van der Waals surface area (Å²) in [5, 5.41) is 0. The van der Waals surface area contributed by atoms with E-state index in [9.17, 15) is 9.59 Å². The molecule has 1 rings (SSSR count). The van der Waals surface area contributed by atoms with Crippen LogP contribution >= 0.6 is 0 Å². The molecule has 1 saturated carbocycles. The highest BCUT2D eigenvalue weighted by molar-refractivity contribution is 5.34. The smallest absolute Gasteiger partial charge is 0.211 e. The summed E-state index contributed by atoms with van der Waals surface area (Å²) in [5.41, 5.74) is 0. The summed E-state index contributed by atoms with van der Waals surface area (Å²) in [7, 11) is 0. The minimum absolute atomic E-state index is 0.100. The van der Waals surface area contributed by atoms with Crippen LogP contribution in [-0.4, -0.2) is 24.7 Å². The first-order chi connectivity index (χ1) is 6.88. The van der Waals surface area contributed by atoms with Gasteiger partial charge >= 0.3 is 0 Å². The molecule has 0 heterocycles. The molecule has 0 saturated heterocycles. The standard InChI is InChI=1S/C10H14N2O2/c13-7-11-6-5-9-3-1-2-4-10(9)12-8-14/h9-10H,1-6H2. The highest BCUT2D eigenvalue weighted by atomic mass is 16.1. The Morgan fingerprint density at radius 1 is 1.14 bits per heavy atom. The van der Waals surface area contributed by atoms with Gasteiger partial charge in [-0.15, -0.1) is 0 Å². The van der Waals surface area contributed by atoms with Crippen LogP contribution in [0.2, 0.25) is 0 Å². The summed E-state index contributed by atoms with van der Waals surface area (Å²) in [4.78, 5) is 27.4.